The molecule has 1 saturated heterocycles. The van der Waals surface area contributed by atoms with Gasteiger partial charge in [0.05, 0.1) is 4.90 Å². The molecular formula is C24H31N3O3S. The normalized spacial score (nSPS) is 17.3. The third-order valence-corrected chi connectivity index (χ3v) is 7.12. The summed E-state index contributed by atoms with van der Waals surface area (Å²) in [5.74, 6) is -0.304. The molecule has 0 saturated carbocycles. The number of amides is 1. The highest BCUT2D eigenvalue weighted by Gasteiger charge is 2.19. The van der Waals surface area contributed by atoms with Gasteiger partial charge in [-0.15, -0.1) is 6.58 Å². The zero-order valence-corrected chi connectivity index (χ0v) is 18.8. The van der Waals surface area contributed by atoms with Gasteiger partial charge < -0.3 is 5.32 Å². The fourth-order valence-corrected chi connectivity index (χ4v) is 4.87. The summed E-state index contributed by atoms with van der Waals surface area (Å²) < 4.78 is 27.0. The van der Waals surface area contributed by atoms with Gasteiger partial charge in [-0.25, -0.2) is 13.1 Å². The summed E-state index contributed by atoms with van der Waals surface area (Å²) in [6.45, 7) is 8.28. The first-order valence-corrected chi connectivity index (χ1v) is 12.2. The van der Waals surface area contributed by atoms with Crippen molar-refractivity contribution in [1.82, 2.24) is 14.9 Å². The number of carbonyl (C=O) groups is 1. The van der Waals surface area contributed by atoms with Gasteiger partial charge in [-0.1, -0.05) is 42.8 Å². The van der Waals surface area contributed by atoms with E-state index in [4.69, 9.17) is 0 Å². The average molecular weight is 442 g/mol. The van der Waals surface area contributed by atoms with E-state index in [2.05, 4.69) is 34.5 Å². The lowest BCUT2D eigenvalue weighted by atomic mass is 10.0. The lowest BCUT2D eigenvalue weighted by molar-refractivity contribution is 0.0950. The minimum absolute atomic E-state index is 0.0569. The molecule has 1 aliphatic heterocycles. The van der Waals surface area contributed by atoms with Crippen LogP contribution < -0.4 is 10.0 Å². The Morgan fingerprint density at radius 2 is 1.94 bits per heavy atom. The minimum atomic E-state index is -3.68. The van der Waals surface area contributed by atoms with E-state index >= 15 is 0 Å². The molecule has 0 bridgehead atoms. The maximum absolute atomic E-state index is 12.7. The Labute approximate surface area is 185 Å². The SMILES string of the molecule is C=CCNS(=O)(=O)c1cccc(C(=O)NCc2ccccc2CN2CCCCC2C)c1. The van der Waals surface area contributed by atoms with Crippen molar-refractivity contribution in [2.75, 3.05) is 13.1 Å². The number of carbonyl (C=O) groups excluding carboxylic acids is 1. The highest BCUT2D eigenvalue weighted by molar-refractivity contribution is 7.89. The van der Waals surface area contributed by atoms with E-state index in [0.29, 0.717) is 18.2 Å². The van der Waals surface area contributed by atoms with Gasteiger partial charge in [-0.3, -0.25) is 9.69 Å². The van der Waals surface area contributed by atoms with Crippen molar-refractivity contribution in [1.29, 1.82) is 0 Å². The smallest absolute Gasteiger partial charge is 0.251 e. The Hall–Kier alpha value is -2.48. The maximum atomic E-state index is 12.7. The monoisotopic (exact) mass is 441 g/mol. The largest absolute Gasteiger partial charge is 0.348 e. The second-order valence-electron chi connectivity index (χ2n) is 7.94. The van der Waals surface area contributed by atoms with Crippen molar-refractivity contribution in [2.24, 2.45) is 0 Å². The van der Waals surface area contributed by atoms with Gasteiger partial charge in [0.1, 0.15) is 0 Å². The summed E-state index contributed by atoms with van der Waals surface area (Å²) in [5.41, 5.74) is 2.59. The number of likely N-dealkylation sites (tertiary alicyclic amines) is 1. The molecule has 7 heteroatoms. The predicted octanol–water partition coefficient (Wildman–Crippen LogP) is 3.46. The molecule has 2 aromatic rings. The van der Waals surface area contributed by atoms with Gasteiger partial charge in [0.15, 0.2) is 0 Å². The molecule has 1 atom stereocenters. The number of piperidine rings is 1. The number of hydrogen-bond donors (Lipinski definition) is 2. The second-order valence-corrected chi connectivity index (χ2v) is 9.70. The summed E-state index contributed by atoms with van der Waals surface area (Å²) in [6, 6.07) is 14.8. The predicted molar refractivity (Wildman–Crippen MR) is 123 cm³/mol. The van der Waals surface area contributed by atoms with Crippen LogP contribution in [0.25, 0.3) is 0 Å². The summed E-state index contributed by atoms with van der Waals surface area (Å²) >= 11 is 0. The molecule has 1 heterocycles. The topological polar surface area (TPSA) is 78.5 Å². The lowest BCUT2D eigenvalue weighted by Gasteiger charge is -2.33. The molecule has 166 valence electrons. The van der Waals surface area contributed by atoms with Crippen molar-refractivity contribution >= 4 is 15.9 Å². The van der Waals surface area contributed by atoms with Crippen LogP contribution >= 0.6 is 0 Å². The van der Waals surface area contributed by atoms with Gasteiger partial charge in [-0.05, 0) is 55.6 Å². The van der Waals surface area contributed by atoms with Gasteiger partial charge in [0, 0.05) is 31.2 Å². The van der Waals surface area contributed by atoms with Gasteiger partial charge in [0.25, 0.3) is 5.91 Å². The number of hydrogen-bond acceptors (Lipinski definition) is 4. The zero-order valence-electron chi connectivity index (χ0n) is 18.0. The van der Waals surface area contributed by atoms with Crippen LogP contribution in [0.1, 0.15) is 47.7 Å². The van der Waals surface area contributed by atoms with Crippen molar-refractivity contribution in [2.45, 2.75) is 50.2 Å². The summed E-state index contributed by atoms with van der Waals surface area (Å²) in [6.07, 6.45) is 5.20. The molecular weight excluding hydrogens is 410 g/mol. The second kappa shape index (κ2) is 10.7. The van der Waals surface area contributed by atoms with Crippen molar-refractivity contribution in [3.05, 3.63) is 77.9 Å². The Morgan fingerprint density at radius 3 is 2.68 bits per heavy atom. The van der Waals surface area contributed by atoms with E-state index in [9.17, 15) is 13.2 Å². The van der Waals surface area contributed by atoms with E-state index in [1.807, 2.05) is 18.2 Å². The number of sulfonamides is 1. The summed E-state index contributed by atoms with van der Waals surface area (Å²) in [5, 5.41) is 2.94. The number of benzene rings is 2. The molecule has 1 aliphatic rings. The molecule has 2 N–H and O–H groups in total. The first-order chi connectivity index (χ1) is 14.9. The standard InChI is InChI=1S/C24H31N3O3S/c1-3-14-26-31(29,30)23-13-8-12-20(16-23)24(28)25-17-21-10-4-5-11-22(21)18-27-15-7-6-9-19(27)2/h3-5,8,10-13,16,19,26H,1,6-7,9,14-15,17-18H2,2H3,(H,25,28). The van der Waals surface area contributed by atoms with Gasteiger partial charge in [0.2, 0.25) is 10.0 Å². The molecule has 1 amide bonds. The molecule has 1 unspecified atom stereocenters. The molecule has 1 fully saturated rings. The van der Waals surface area contributed by atoms with Crippen molar-refractivity contribution in [3.8, 4) is 0 Å². The number of nitrogens with zero attached hydrogens (tertiary/aromatic N) is 1. The average Bonchev–Trinajstić information content (AvgIpc) is 2.78. The fraction of sp³-hybridized carbons (Fsp3) is 0.375. The molecule has 0 aromatic heterocycles. The van der Waals surface area contributed by atoms with Crippen LogP contribution in [0.4, 0.5) is 0 Å². The van der Waals surface area contributed by atoms with E-state index in [1.165, 1.54) is 43.0 Å². The summed E-state index contributed by atoms with van der Waals surface area (Å²) in [7, 11) is -3.68. The Bertz CT molecular complexity index is 1020. The van der Waals surface area contributed by atoms with Crippen LogP contribution in [0.5, 0.6) is 0 Å². The van der Waals surface area contributed by atoms with E-state index in [0.717, 1.165) is 18.7 Å². The Balaban J connectivity index is 1.68. The molecule has 31 heavy (non-hydrogen) atoms. The third-order valence-electron chi connectivity index (χ3n) is 5.70. The molecule has 0 spiro atoms. The molecule has 0 radical (unpaired) electrons. The van der Waals surface area contributed by atoms with Crippen molar-refractivity contribution in [3.63, 3.8) is 0 Å². The van der Waals surface area contributed by atoms with Crippen LogP contribution in [-0.2, 0) is 23.1 Å². The number of rotatable bonds is 9. The third kappa shape index (κ3) is 6.26. The highest BCUT2D eigenvalue weighted by Crippen LogP contribution is 2.21. The van der Waals surface area contributed by atoms with Crippen LogP contribution in [0.3, 0.4) is 0 Å². The summed E-state index contributed by atoms with van der Waals surface area (Å²) in [4.78, 5) is 15.3. The first kappa shape index (κ1) is 23.2. The quantitative estimate of drug-likeness (QED) is 0.584. The maximum Gasteiger partial charge on any atom is 0.251 e. The Kier molecular flexibility index (Phi) is 8.01. The highest BCUT2D eigenvalue weighted by atomic mass is 32.2. The molecule has 6 nitrogen and oxygen atoms in total. The van der Waals surface area contributed by atoms with Crippen LogP contribution in [0, 0.1) is 0 Å². The number of nitrogens with one attached hydrogen (secondary N) is 2. The fourth-order valence-electron chi connectivity index (χ4n) is 3.83. The van der Waals surface area contributed by atoms with E-state index in [1.54, 1.807) is 12.1 Å². The molecule has 0 aliphatic carbocycles. The van der Waals surface area contributed by atoms with Crippen molar-refractivity contribution < 1.29 is 13.2 Å². The zero-order chi connectivity index (χ0) is 22.3. The molecule has 2 aromatic carbocycles. The van der Waals surface area contributed by atoms with Crippen LogP contribution in [0.2, 0.25) is 0 Å². The Morgan fingerprint density at radius 1 is 1.16 bits per heavy atom. The van der Waals surface area contributed by atoms with E-state index in [-0.39, 0.29) is 17.3 Å². The van der Waals surface area contributed by atoms with Crippen LogP contribution in [0.15, 0.2) is 66.1 Å². The van der Waals surface area contributed by atoms with Gasteiger partial charge >= 0.3 is 0 Å². The molecule has 3 rings (SSSR count). The minimum Gasteiger partial charge on any atom is -0.348 e. The van der Waals surface area contributed by atoms with Crippen LogP contribution in [-0.4, -0.2) is 38.4 Å². The first-order valence-electron chi connectivity index (χ1n) is 10.7. The van der Waals surface area contributed by atoms with E-state index < -0.39 is 10.0 Å². The lowest BCUT2D eigenvalue weighted by Crippen LogP contribution is -2.37. The van der Waals surface area contributed by atoms with Gasteiger partial charge in [-0.2, -0.15) is 0 Å².